The van der Waals surface area contributed by atoms with E-state index < -0.39 is 8.07 Å². The lowest BCUT2D eigenvalue weighted by molar-refractivity contribution is 0.0899. The molecule has 0 aliphatic carbocycles. The summed E-state index contributed by atoms with van der Waals surface area (Å²) in [5, 5.41) is 1.62. The molecule has 19 heavy (non-hydrogen) atoms. The summed E-state index contributed by atoms with van der Waals surface area (Å²) < 4.78 is 7.55. The molecular weight excluding hydrogens is 301 g/mol. The molecule has 0 saturated carbocycles. The minimum atomic E-state index is -1.06. The Morgan fingerprint density at radius 1 is 1.32 bits per heavy atom. The molecule has 4 nitrogen and oxygen atoms in total. The van der Waals surface area contributed by atoms with Crippen LogP contribution >= 0.6 is 23.2 Å². The summed E-state index contributed by atoms with van der Waals surface area (Å²) >= 11 is 11.9. The van der Waals surface area contributed by atoms with Gasteiger partial charge in [0.2, 0.25) is 5.28 Å². The van der Waals surface area contributed by atoms with Gasteiger partial charge in [0.25, 0.3) is 0 Å². The molecule has 0 spiro atoms. The Morgan fingerprint density at radius 2 is 2.05 bits per heavy atom. The largest absolute Gasteiger partial charge is 0.361 e. The number of ether oxygens (including phenoxy) is 1. The van der Waals surface area contributed by atoms with Crippen LogP contribution in [-0.2, 0) is 11.5 Å². The van der Waals surface area contributed by atoms with Gasteiger partial charge < -0.3 is 9.30 Å². The van der Waals surface area contributed by atoms with Crippen LogP contribution in [0.4, 0.5) is 0 Å². The second-order valence-electron chi connectivity index (χ2n) is 5.67. The lowest BCUT2D eigenvalue weighted by Crippen LogP contribution is -2.22. The van der Waals surface area contributed by atoms with Gasteiger partial charge in [0.05, 0.1) is 10.4 Å². The monoisotopic (exact) mass is 317 g/mol. The fourth-order valence-corrected chi connectivity index (χ4v) is 2.78. The first-order valence-electron chi connectivity index (χ1n) is 6.11. The Hall–Kier alpha value is -0.623. The molecule has 104 valence electrons. The smallest absolute Gasteiger partial charge is 0.224 e. The summed E-state index contributed by atoms with van der Waals surface area (Å²) in [5.41, 5.74) is 0.706. The third-order valence-corrected chi connectivity index (χ3v) is 4.95. The van der Waals surface area contributed by atoms with Crippen LogP contribution in [-0.4, -0.2) is 29.2 Å². The van der Waals surface area contributed by atoms with Crippen molar-refractivity contribution in [1.29, 1.82) is 0 Å². The number of halogens is 2. The number of hydrogen-bond acceptors (Lipinski definition) is 3. The molecular formula is C12H17Cl2N3OSi. The van der Waals surface area contributed by atoms with Crippen molar-refractivity contribution < 1.29 is 4.74 Å². The maximum absolute atomic E-state index is 6.12. The summed E-state index contributed by atoms with van der Waals surface area (Å²) in [4.78, 5) is 8.12. The van der Waals surface area contributed by atoms with Gasteiger partial charge in [0.1, 0.15) is 12.4 Å². The Balaban J connectivity index is 2.07. The minimum Gasteiger partial charge on any atom is -0.361 e. The van der Waals surface area contributed by atoms with Gasteiger partial charge in [0, 0.05) is 27.1 Å². The molecule has 0 atom stereocenters. The first kappa shape index (κ1) is 14.8. The summed E-state index contributed by atoms with van der Waals surface area (Å²) in [6.07, 6.45) is 3.43. The summed E-state index contributed by atoms with van der Waals surface area (Å²) in [6.45, 7) is 8.16. The standard InChI is InChI=1S/C12H17Cl2N3OSi/c1-19(2,3)5-4-18-8-17-7-10(13)9-6-15-12(14)16-11(9)17/h6-7H,4-5,8H2,1-3H3. The molecule has 0 saturated heterocycles. The zero-order valence-electron chi connectivity index (χ0n) is 11.3. The van der Waals surface area contributed by atoms with Crippen LogP contribution in [0.1, 0.15) is 0 Å². The molecule has 0 amide bonds. The number of hydrogen-bond donors (Lipinski definition) is 0. The highest BCUT2D eigenvalue weighted by Crippen LogP contribution is 2.24. The van der Waals surface area contributed by atoms with Crippen LogP contribution < -0.4 is 0 Å². The average molecular weight is 318 g/mol. The zero-order valence-corrected chi connectivity index (χ0v) is 13.8. The van der Waals surface area contributed by atoms with Gasteiger partial charge in [-0.15, -0.1) is 0 Å². The average Bonchev–Trinajstić information content (AvgIpc) is 2.60. The highest BCUT2D eigenvalue weighted by molar-refractivity contribution is 6.76. The van der Waals surface area contributed by atoms with Crippen LogP contribution in [0.2, 0.25) is 36.0 Å². The van der Waals surface area contributed by atoms with Gasteiger partial charge in [-0.2, -0.15) is 4.98 Å². The van der Waals surface area contributed by atoms with Gasteiger partial charge in [0.15, 0.2) is 0 Å². The van der Waals surface area contributed by atoms with Gasteiger partial charge in [-0.1, -0.05) is 31.2 Å². The number of aromatic nitrogens is 3. The van der Waals surface area contributed by atoms with Crippen LogP contribution in [0, 0.1) is 0 Å². The quantitative estimate of drug-likeness (QED) is 0.474. The van der Waals surface area contributed by atoms with Gasteiger partial charge in [-0.3, -0.25) is 0 Å². The molecule has 0 N–H and O–H groups in total. The maximum atomic E-state index is 6.12. The van der Waals surface area contributed by atoms with Crippen molar-refractivity contribution in [3.8, 4) is 0 Å². The number of fused-ring (bicyclic) bond motifs is 1. The summed E-state index contributed by atoms with van der Waals surface area (Å²) in [6, 6.07) is 1.13. The second kappa shape index (κ2) is 5.79. The van der Waals surface area contributed by atoms with Crippen molar-refractivity contribution in [1.82, 2.24) is 14.5 Å². The van der Waals surface area contributed by atoms with E-state index in [1.165, 1.54) is 0 Å². The van der Waals surface area contributed by atoms with Crippen molar-refractivity contribution in [3.63, 3.8) is 0 Å². The van der Waals surface area contributed by atoms with E-state index in [1.54, 1.807) is 12.4 Å². The lowest BCUT2D eigenvalue weighted by atomic mass is 10.4. The minimum absolute atomic E-state index is 0.214. The van der Waals surface area contributed by atoms with Crippen LogP contribution in [0.3, 0.4) is 0 Å². The number of nitrogens with zero attached hydrogens (tertiary/aromatic N) is 3. The molecule has 0 fully saturated rings. The van der Waals surface area contributed by atoms with Gasteiger partial charge in [-0.25, -0.2) is 4.98 Å². The summed E-state index contributed by atoms with van der Waals surface area (Å²) in [7, 11) is -1.06. The van der Waals surface area contributed by atoms with Crippen molar-refractivity contribution in [2.45, 2.75) is 32.4 Å². The van der Waals surface area contributed by atoms with Crippen molar-refractivity contribution in [2.24, 2.45) is 0 Å². The van der Waals surface area contributed by atoms with Gasteiger partial charge >= 0.3 is 0 Å². The maximum Gasteiger partial charge on any atom is 0.224 e. The topological polar surface area (TPSA) is 39.9 Å². The molecule has 0 unspecified atom stereocenters. The zero-order chi connectivity index (χ0) is 14.0. The fourth-order valence-electron chi connectivity index (χ4n) is 1.65. The molecule has 0 aliphatic heterocycles. The molecule has 0 aromatic carbocycles. The van der Waals surface area contributed by atoms with Gasteiger partial charge in [-0.05, 0) is 17.6 Å². The normalized spacial score (nSPS) is 12.3. The Morgan fingerprint density at radius 3 is 2.74 bits per heavy atom. The molecule has 0 radical (unpaired) electrons. The van der Waals surface area contributed by atoms with E-state index in [-0.39, 0.29) is 5.28 Å². The fraction of sp³-hybridized carbons (Fsp3) is 0.500. The van der Waals surface area contributed by atoms with E-state index in [2.05, 4.69) is 29.6 Å². The molecule has 2 heterocycles. The highest BCUT2D eigenvalue weighted by atomic mass is 35.5. The Kier molecular flexibility index (Phi) is 4.50. The molecule has 2 rings (SSSR count). The molecule has 2 aromatic heterocycles. The molecule has 7 heteroatoms. The van der Waals surface area contributed by atoms with E-state index in [4.69, 9.17) is 27.9 Å². The van der Waals surface area contributed by atoms with Crippen LogP contribution in [0.15, 0.2) is 12.4 Å². The lowest BCUT2D eigenvalue weighted by Gasteiger charge is -2.15. The third kappa shape index (κ3) is 3.92. The predicted octanol–water partition coefficient (Wildman–Crippen LogP) is 4.05. The molecule has 0 bridgehead atoms. The van der Waals surface area contributed by atoms with Crippen LogP contribution in [0.5, 0.6) is 0 Å². The SMILES string of the molecule is C[Si](C)(C)CCOCn1cc(Cl)c2cnc(Cl)nc21. The third-order valence-electron chi connectivity index (χ3n) is 2.76. The van der Waals surface area contributed by atoms with Crippen LogP contribution in [0.25, 0.3) is 11.0 Å². The number of rotatable bonds is 5. The van der Waals surface area contributed by atoms with E-state index >= 15 is 0 Å². The Bertz CT molecular complexity index is 580. The summed E-state index contributed by atoms with van der Waals surface area (Å²) in [5.74, 6) is 0. The first-order valence-corrected chi connectivity index (χ1v) is 10.6. The van der Waals surface area contributed by atoms with E-state index in [0.717, 1.165) is 18.0 Å². The van der Waals surface area contributed by atoms with Crippen molar-refractivity contribution in [2.75, 3.05) is 6.61 Å². The second-order valence-corrected chi connectivity index (χ2v) is 12.0. The van der Waals surface area contributed by atoms with Crippen molar-refractivity contribution in [3.05, 3.63) is 22.7 Å². The predicted molar refractivity (Wildman–Crippen MR) is 81.7 cm³/mol. The highest BCUT2D eigenvalue weighted by Gasteiger charge is 2.13. The van der Waals surface area contributed by atoms with E-state index in [9.17, 15) is 0 Å². The van der Waals surface area contributed by atoms with E-state index in [0.29, 0.717) is 17.4 Å². The van der Waals surface area contributed by atoms with E-state index in [1.807, 2.05) is 4.57 Å². The Labute approximate surface area is 123 Å². The molecule has 0 aliphatic rings. The van der Waals surface area contributed by atoms with Crippen molar-refractivity contribution >= 4 is 42.3 Å². The first-order chi connectivity index (χ1) is 8.87. The molecule has 2 aromatic rings.